The average Bonchev–Trinajstić information content (AvgIpc) is 2.90. The van der Waals surface area contributed by atoms with Crippen molar-refractivity contribution in [2.75, 3.05) is 10.2 Å². The molecule has 4 N–H and O–H groups in total. The van der Waals surface area contributed by atoms with Gasteiger partial charge in [0.1, 0.15) is 0 Å². The van der Waals surface area contributed by atoms with Crippen LogP contribution in [0.4, 0.5) is 11.4 Å². The zero-order valence-electron chi connectivity index (χ0n) is 18.2. The van der Waals surface area contributed by atoms with Crippen LogP contribution < -0.4 is 21.3 Å². The maximum Gasteiger partial charge on any atom is 0.251 e. The van der Waals surface area contributed by atoms with Crippen LogP contribution in [0.2, 0.25) is 10.0 Å². The molecule has 9 heteroatoms. The highest BCUT2D eigenvalue weighted by atomic mass is 35.5. The van der Waals surface area contributed by atoms with Gasteiger partial charge in [0.15, 0.2) is 0 Å². The molecule has 4 rings (SSSR count). The Morgan fingerprint density at radius 2 is 1.88 bits per heavy atom. The van der Waals surface area contributed by atoms with E-state index in [1.165, 1.54) is 11.8 Å². The van der Waals surface area contributed by atoms with Gasteiger partial charge in [-0.2, -0.15) is 0 Å². The largest absolute Gasteiger partial charge is 0.348 e. The monoisotopic (exact) mass is 488 g/mol. The van der Waals surface area contributed by atoms with Gasteiger partial charge in [0.05, 0.1) is 23.8 Å². The van der Waals surface area contributed by atoms with Crippen molar-refractivity contribution in [3.05, 3.63) is 57.6 Å². The molecular formula is C24H26Cl2N4O3. The van der Waals surface area contributed by atoms with Crippen LogP contribution in [0.15, 0.2) is 36.4 Å². The molecule has 2 aromatic rings. The Morgan fingerprint density at radius 1 is 1.12 bits per heavy atom. The predicted molar refractivity (Wildman–Crippen MR) is 130 cm³/mol. The summed E-state index contributed by atoms with van der Waals surface area (Å²) in [5.74, 6) is -0.803. The normalized spacial score (nSPS) is 22.7. The highest BCUT2D eigenvalue weighted by molar-refractivity contribution is 6.35. The molecule has 1 fully saturated rings. The lowest BCUT2D eigenvalue weighted by Gasteiger charge is -2.31. The van der Waals surface area contributed by atoms with Crippen LogP contribution in [0.25, 0.3) is 0 Å². The number of nitrogens with zero attached hydrogens (tertiary/aromatic N) is 1. The minimum absolute atomic E-state index is 0.00801. The van der Waals surface area contributed by atoms with Gasteiger partial charge in [0, 0.05) is 34.6 Å². The SMILES string of the molecule is CC(=O)N1c2ccc(C(=O)NC3CCCCC3N)cc2NC(=O)CC1c1ccc(Cl)cc1Cl. The number of rotatable bonds is 3. The number of amides is 3. The van der Waals surface area contributed by atoms with Gasteiger partial charge in [0.25, 0.3) is 5.91 Å². The minimum Gasteiger partial charge on any atom is -0.348 e. The first-order valence-electron chi connectivity index (χ1n) is 11.0. The molecular weight excluding hydrogens is 463 g/mol. The first-order chi connectivity index (χ1) is 15.7. The molecule has 0 bridgehead atoms. The van der Waals surface area contributed by atoms with Crippen molar-refractivity contribution >= 4 is 52.3 Å². The van der Waals surface area contributed by atoms with E-state index in [0.29, 0.717) is 32.5 Å². The molecule has 2 aliphatic rings. The molecule has 7 nitrogen and oxygen atoms in total. The smallest absolute Gasteiger partial charge is 0.251 e. The maximum absolute atomic E-state index is 12.9. The number of hydrogen-bond donors (Lipinski definition) is 3. The third-order valence-corrected chi connectivity index (χ3v) is 6.84. The van der Waals surface area contributed by atoms with E-state index in [0.717, 1.165) is 25.7 Å². The number of halogens is 2. The van der Waals surface area contributed by atoms with E-state index in [1.54, 1.807) is 36.4 Å². The van der Waals surface area contributed by atoms with Crippen LogP contribution in [0.3, 0.4) is 0 Å². The van der Waals surface area contributed by atoms with Gasteiger partial charge < -0.3 is 21.3 Å². The molecule has 0 spiro atoms. The molecule has 0 radical (unpaired) electrons. The number of carbonyl (C=O) groups excluding carboxylic acids is 3. The summed E-state index contributed by atoms with van der Waals surface area (Å²) in [5, 5.41) is 6.68. The number of benzene rings is 2. The topological polar surface area (TPSA) is 105 Å². The minimum atomic E-state index is -0.617. The maximum atomic E-state index is 12.9. The van der Waals surface area contributed by atoms with Crippen molar-refractivity contribution in [3.63, 3.8) is 0 Å². The number of anilines is 2. The third-order valence-electron chi connectivity index (χ3n) is 6.28. The second kappa shape index (κ2) is 9.71. The zero-order valence-corrected chi connectivity index (χ0v) is 19.7. The number of carbonyl (C=O) groups is 3. The quantitative estimate of drug-likeness (QED) is 0.593. The fourth-order valence-electron chi connectivity index (χ4n) is 4.62. The fourth-order valence-corrected chi connectivity index (χ4v) is 5.16. The lowest BCUT2D eigenvalue weighted by atomic mass is 9.91. The Bertz CT molecular complexity index is 1110. The number of nitrogens with two attached hydrogens (primary N) is 1. The van der Waals surface area contributed by atoms with Gasteiger partial charge in [0.2, 0.25) is 11.8 Å². The van der Waals surface area contributed by atoms with Gasteiger partial charge in [-0.15, -0.1) is 0 Å². The van der Waals surface area contributed by atoms with Crippen LogP contribution >= 0.6 is 23.2 Å². The van der Waals surface area contributed by atoms with Gasteiger partial charge in [-0.05, 0) is 48.7 Å². The highest BCUT2D eigenvalue weighted by Crippen LogP contribution is 2.41. The molecule has 3 amide bonds. The second-order valence-electron chi connectivity index (χ2n) is 8.58. The Labute approximate surface area is 202 Å². The van der Waals surface area contributed by atoms with Gasteiger partial charge >= 0.3 is 0 Å². The molecule has 1 heterocycles. The molecule has 1 aliphatic heterocycles. The number of nitrogens with one attached hydrogen (secondary N) is 2. The van der Waals surface area contributed by atoms with Gasteiger partial charge in [-0.3, -0.25) is 14.4 Å². The first kappa shape index (κ1) is 23.5. The summed E-state index contributed by atoms with van der Waals surface area (Å²) in [6.45, 7) is 1.43. The van der Waals surface area contributed by atoms with Crippen molar-refractivity contribution < 1.29 is 14.4 Å². The van der Waals surface area contributed by atoms with E-state index in [4.69, 9.17) is 28.9 Å². The molecule has 174 valence electrons. The Morgan fingerprint density at radius 3 is 2.58 bits per heavy atom. The summed E-state index contributed by atoms with van der Waals surface area (Å²) in [6.07, 6.45) is 3.83. The molecule has 33 heavy (non-hydrogen) atoms. The summed E-state index contributed by atoms with van der Waals surface area (Å²) in [6, 6.07) is 9.14. The van der Waals surface area contributed by atoms with E-state index in [1.807, 2.05) is 0 Å². The highest BCUT2D eigenvalue weighted by Gasteiger charge is 2.34. The summed E-state index contributed by atoms with van der Waals surface area (Å²) in [7, 11) is 0. The molecule has 0 saturated heterocycles. The summed E-state index contributed by atoms with van der Waals surface area (Å²) >= 11 is 12.4. The predicted octanol–water partition coefficient (Wildman–Crippen LogP) is 4.43. The van der Waals surface area contributed by atoms with Crippen molar-refractivity contribution in [3.8, 4) is 0 Å². The molecule has 1 aliphatic carbocycles. The van der Waals surface area contributed by atoms with Crippen molar-refractivity contribution in [2.24, 2.45) is 5.73 Å². The van der Waals surface area contributed by atoms with Crippen LogP contribution in [0.5, 0.6) is 0 Å². The van der Waals surface area contributed by atoms with E-state index in [9.17, 15) is 14.4 Å². The van der Waals surface area contributed by atoms with Crippen molar-refractivity contribution in [1.82, 2.24) is 5.32 Å². The summed E-state index contributed by atoms with van der Waals surface area (Å²) in [5.41, 5.74) is 8.06. The number of fused-ring (bicyclic) bond motifs is 1. The van der Waals surface area contributed by atoms with E-state index >= 15 is 0 Å². The molecule has 3 atom stereocenters. The van der Waals surface area contributed by atoms with Crippen LogP contribution in [0.1, 0.15) is 61.0 Å². The van der Waals surface area contributed by atoms with Crippen LogP contribution in [-0.4, -0.2) is 29.8 Å². The number of hydrogen-bond acceptors (Lipinski definition) is 4. The lowest BCUT2D eigenvalue weighted by Crippen LogP contribution is -2.49. The van der Waals surface area contributed by atoms with Crippen molar-refractivity contribution in [2.45, 2.75) is 57.2 Å². The Kier molecular flexibility index (Phi) is 6.93. The average molecular weight is 489 g/mol. The fraction of sp³-hybridized carbons (Fsp3) is 0.375. The lowest BCUT2D eigenvalue weighted by molar-refractivity contribution is -0.118. The van der Waals surface area contributed by atoms with E-state index < -0.39 is 6.04 Å². The Balaban J connectivity index is 1.68. The zero-order chi connectivity index (χ0) is 23.7. The Hall–Kier alpha value is -2.61. The first-order valence-corrected chi connectivity index (χ1v) is 11.8. The molecule has 3 unspecified atom stereocenters. The van der Waals surface area contributed by atoms with Crippen LogP contribution in [0, 0.1) is 0 Å². The van der Waals surface area contributed by atoms with Gasteiger partial charge in [-0.1, -0.05) is 42.1 Å². The summed E-state index contributed by atoms with van der Waals surface area (Å²) in [4.78, 5) is 39.9. The van der Waals surface area contributed by atoms with E-state index in [-0.39, 0.29) is 36.2 Å². The third kappa shape index (κ3) is 5.00. The molecule has 2 aromatic carbocycles. The standard InChI is InChI=1S/C24H26Cl2N4O3/c1-13(31)30-21-9-6-14(24(33)29-19-5-3-2-4-18(19)27)10-20(21)28-23(32)12-22(30)16-8-7-15(25)11-17(16)26/h6-11,18-19,22H,2-5,12,27H2,1H3,(H,28,32)(H,29,33). The van der Waals surface area contributed by atoms with E-state index in [2.05, 4.69) is 10.6 Å². The van der Waals surface area contributed by atoms with Crippen LogP contribution in [-0.2, 0) is 9.59 Å². The van der Waals surface area contributed by atoms with Crippen molar-refractivity contribution in [1.29, 1.82) is 0 Å². The summed E-state index contributed by atoms with van der Waals surface area (Å²) < 4.78 is 0. The second-order valence-corrected chi connectivity index (χ2v) is 9.43. The molecule has 1 saturated carbocycles. The van der Waals surface area contributed by atoms with Gasteiger partial charge in [-0.25, -0.2) is 0 Å². The molecule has 0 aromatic heterocycles.